The number of aromatic nitrogens is 1. The van der Waals surface area contributed by atoms with Crippen molar-refractivity contribution in [3.05, 3.63) is 30.2 Å². The molecule has 2 aromatic rings. The first kappa shape index (κ1) is 12.6. The van der Waals surface area contributed by atoms with E-state index in [0.717, 1.165) is 31.4 Å². The van der Waals surface area contributed by atoms with Crippen LogP contribution in [0.2, 0.25) is 0 Å². The SMILES string of the molecule is CCCN(CCC)C(=O)c1ccc2ncoc2c1. The van der Waals surface area contributed by atoms with Crippen LogP contribution in [-0.2, 0) is 0 Å². The van der Waals surface area contributed by atoms with Gasteiger partial charge in [0.1, 0.15) is 5.52 Å². The van der Waals surface area contributed by atoms with E-state index in [1.54, 1.807) is 6.07 Å². The van der Waals surface area contributed by atoms with Gasteiger partial charge in [0.2, 0.25) is 0 Å². The molecule has 0 spiro atoms. The summed E-state index contributed by atoms with van der Waals surface area (Å²) in [6, 6.07) is 5.40. The second-order valence-corrected chi connectivity index (χ2v) is 4.33. The molecule has 0 radical (unpaired) electrons. The van der Waals surface area contributed by atoms with Crippen LogP contribution in [0.1, 0.15) is 37.0 Å². The van der Waals surface area contributed by atoms with Crippen molar-refractivity contribution in [2.45, 2.75) is 26.7 Å². The van der Waals surface area contributed by atoms with Crippen molar-refractivity contribution in [2.24, 2.45) is 0 Å². The lowest BCUT2D eigenvalue weighted by Crippen LogP contribution is -2.32. The Labute approximate surface area is 107 Å². The minimum Gasteiger partial charge on any atom is -0.443 e. The van der Waals surface area contributed by atoms with Gasteiger partial charge in [-0.05, 0) is 31.0 Å². The zero-order chi connectivity index (χ0) is 13.0. The van der Waals surface area contributed by atoms with Crippen molar-refractivity contribution < 1.29 is 9.21 Å². The van der Waals surface area contributed by atoms with Crippen LogP contribution in [0.5, 0.6) is 0 Å². The van der Waals surface area contributed by atoms with Gasteiger partial charge in [0.15, 0.2) is 12.0 Å². The van der Waals surface area contributed by atoms with Crippen LogP contribution in [0.25, 0.3) is 11.1 Å². The van der Waals surface area contributed by atoms with Crippen molar-refractivity contribution in [1.29, 1.82) is 0 Å². The molecule has 0 fully saturated rings. The van der Waals surface area contributed by atoms with Gasteiger partial charge < -0.3 is 9.32 Å². The highest BCUT2D eigenvalue weighted by Gasteiger charge is 2.15. The number of hydrogen-bond donors (Lipinski definition) is 0. The fraction of sp³-hybridized carbons (Fsp3) is 0.429. The third-order valence-electron chi connectivity index (χ3n) is 2.85. The summed E-state index contributed by atoms with van der Waals surface area (Å²) in [6.07, 6.45) is 3.33. The number of benzene rings is 1. The van der Waals surface area contributed by atoms with Crippen LogP contribution in [-0.4, -0.2) is 28.9 Å². The smallest absolute Gasteiger partial charge is 0.253 e. The summed E-state index contributed by atoms with van der Waals surface area (Å²) < 4.78 is 5.23. The molecular weight excluding hydrogens is 228 g/mol. The monoisotopic (exact) mass is 246 g/mol. The first-order valence-electron chi connectivity index (χ1n) is 6.38. The molecule has 4 heteroatoms. The molecule has 4 nitrogen and oxygen atoms in total. The van der Waals surface area contributed by atoms with Gasteiger partial charge in [-0.1, -0.05) is 13.8 Å². The summed E-state index contributed by atoms with van der Waals surface area (Å²) in [6.45, 7) is 5.74. The predicted octanol–water partition coefficient (Wildman–Crippen LogP) is 3.09. The summed E-state index contributed by atoms with van der Waals surface area (Å²) in [7, 11) is 0. The molecule has 0 atom stereocenters. The summed E-state index contributed by atoms with van der Waals surface area (Å²) >= 11 is 0. The first-order chi connectivity index (χ1) is 8.76. The molecule has 0 saturated carbocycles. The van der Waals surface area contributed by atoms with Crippen LogP contribution >= 0.6 is 0 Å². The number of carbonyl (C=O) groups is 1. The molecule has 0 aliphatic rings. The van der Waals surface area contributed by atoms with Gasteiger partial charge in [-0.3, -0.25) is 4.79 Å². The van der Waals surface area contributed by atoms with E-state index in [1.807, 2.05) is 17.0 Å². The van der Waals surface area contributed by atoms with Crippen molar-refractivity contribution in [2.75, 3.05) is 13.1 Å². The van der Waals surface area contributed by atoms with E-state index in [0.29, 0.717) is 11.1 Å². The van der Waals surface area contributed by atoms with E-state index < -0.39 is 0 Å². The Morgan fingerprint density at radius 3 is 2.67 bits per heavy atom. The van der Waals surface area contributed by atoms with Crippen molar-refractivity contribution in [3.8, 4) is 0 Å². The highest BCUT2D eigenvalue weighted by Crippen LogP contribution is 2.16. The van der Waals surface area contributed by atoms with Gasteiger partial charge in [0, 0.05) is 18.7 Å². The van der Waals surface area contributed by atoms with E-state index in [9.17, 15) is 4.79 Å². The third kappa shape index (κ3) is 2.53. The standard InChI is InChI=1S/C14H18N2O2/c1-3-7-16(8-4-2)14(17)11-5-6-12-13(9-11)18-10-15-12/h5-6,9-10H,3-4,7-8H2,1-2H3. The van der Waals surface area contributed by atoms with Crippen molar-refractivity contribution in [3.63, 3.8) is 0 Å². The molecule has 1 aromatic carbocycles. The number of nitrogens with zero attached hydrogens (tertiary/aromatic N) is 2. The van der Waals surface area contributed by atoms with E-state index in [1.165, 1.54) is 6.39 Å². The summed E-state index contributed by atoms with van der Waals surface area (Å²) in [5.41, 5.74) is 2.11. The number of hydrogen-bond acceptors (Lipinski definition) is 3. The fourth-order valence-electron chi connectivity index (χ4n) is 2.03. The van der Waals surface area contributed by atoms with Crippen LogP contribution < -0.4 is 0 Å². The third-order valence-corrected chi connectivity index (χ3v) is 2.85. The predicted molar refractivity (Wildman–Crippen MR) is 70.5 cm³/mol. The lowest BCUT2D eigenvalue weighted by molar-refractivity contribution is 0.0755. The second-order valence-electron chi connectivity index (χ2n) is 4.33. The molecule has 0 unspecified atom stereocenters. The van der Waals surface area contributed by atoms with Crippen LogP contribution in [0.3, 0.4) is 0 Å². The van der Waals surface area contributed by atoms with Crippen LogP contribution in [0.15, 0.2) is 29.0 Å². The maximum absolute atomic E-state index is 12.4. The number of oxazole rings is 1. The van der Waals surface area contributed by atoms with E-state index in [2.05, 4.69) is 18.8 Å². The Morgan fingerprint density at radius 2 is 2.00 bits per heavy atom. The molecule has 2 rings (SSSR count). The van der Waals surface area contributed by atoms with Gasteiger partial charge in [-0.25, -0.2) is 4.98 Å². The van der Waals surface area contributed by atoms with Gasteiger partial charge in [0.25, 0.3) is 5.91 Å². The van der Waals surface area contributed by atoms with E-state index in [-0.39, 0.29) is 5.91 Å². The highest BCUT2D eigenvalue weighted by atomic mass is 16.3. The van der Waals surface area contributed by atoms with Crippen molar-refractivity contribution in [1.82, 2.24) is 9.88 Å². The molecule has 0 saturated heterocycles. The molecule has 0 bridgehead atoms. The molecule has 0 aliphatic heterocycles. The largest absolute Gasteiger partial charge is 0.443 e. The zero-order valence-electron chi connectivity index (χ0n) is 10.8. The minimum absolute atomic E-state index is 0.0667. The van der Waals surface area contributed by atoms with Gasteiger partial charge >= 0.3 is 0 Å². The maximum Gasteiger partial charge on any atom is 0.253 e. The molecular formula is C14H18N2O2. The van der Waals surface area contributed by atoms with Crippen LogP contribution in [0.4, 0.5) is 0 Å². The molecule has 1 amide bonds. The van der Waals surface area contributed by atoms with E-state index in [4.69, 9.17) is 4.42 Å². The average Bonchev–Trinajstić information content (AvgIpc) is 2.84. The normalized spacial score (nSPS) is 10.8. The lowest BCUT2D eigenvalue weighted by Gasteiger charge is -2.21. The summed E-state index contributed by atoms with van der Waals surface area (Å²) in [5, 5.41) is 0. The molecule has 18 heavy (non-hydrogen) atoms. The first-order valence-corrected chi connectivity index (χ1v) is 6.38. The minimum atomic E-state index is 0.0667. The molecule has 1 aromatic heterocycles. The van der Waals surface area contributed by atoms with Gasteiger partial charge in [0.05, 0.1) is 0 Å². The van der Waals surface area contributed by atoms with Crippen LogP contribution in [0, 0.1) is 0 Å². The quantitative estimate of drug-likeness (QED) is 0.814. The number of amides is 1. The van der Waals surface area contributed by atoms with Gasteiger partial charge in [-0.15, -0.1) is 0 Å². The second kappa shape index (κ2) is 5.67. The number of rotatable bonds is 5. The molecule has 96 valence electrons. The Morgan fingerprint density at radius 1 is 1.28 bits per heavy atom. The Kier molecular flexibility index (Phi) is 3.97. The number of fused-ring (bicyclic) bond motifs is 1. The van der Waals surface area contributed by atoms with Crippen molar-refractivity contribution >= 4 is 17.0 Å². The maximum atomic E-state index is 12.4. The topological polar surface area (TPSA) is 46.3 Å². The fourth-order valence-corrected chi connectivity index (χ4v) is 2.03. The Bertz CT molecular complexity index is 527. The molecule has 1 heterocycles. The number of carbonyl (C=O) groups excluding carboxylic acids is 1. The summed E-state index contributed by atoms with van der Waals surface area (Å²) in [5.74, 6) is 0.0667. The lowest BCUT2D eigenvalue weighted by atomic mass is 10.1. The Balaban J connectivity index is 2.24. The Hall–Kier alpha value is -1.84. The van der Waals surface area contributed by atoms with E-state index >= 15 is 0 Å². The average molecular weight is 246 g/mol. The van der Waals surface area contributed by atoms with Gasteiger partial charge in [-0.2, -0.15) is 0 Å². The zero-order valence-corrected chi connectivity index (χ0v) is 10.8. The molecule has 0 aliphatic carbocycles. The summed E-state index contributed by atoms with van der Waals surface area (Å²) in [4.78, 5) is 18.3. The highest BCUT2D eigenvalue weighted by molar-refractivity contribution is 5.97. The molecule has 0 N–H and O–H groups in total.